The summed E-state index contributed by atoms with van der Waals surface area (Å²) in [7, 11) is 2.32. The van der Waals surface area contributed by atoms with Crippen molar-refractivity contribution in [1.29, 1.82) is 0 Å². The summed E-state index contributed by atoms with van der Waals surface area (Å²) in [5.74, 6) is 1.93. The molecule has 2 fully saturated rings. The molecule has 1 N–H and O–H groups in total. The molecule has 108 valence electrons. The smallest absolute Gasteiger partial charge is 0.157 e. The van der Waals surface area contributed by atoms with Crippen LogP contribution in [0.4, 0.5) is 0 Å². The Hall–Kier alpha value is -0.220. The molecule has 3 heterocycles. The molecule has 4 unspecified atom stereocenters. The molecule has 3 aliphatic rings. The molecule has 0 aromatic carbocycles. The van der Waals surface area contributed by atoms with Gasteiger partial charge in [0.15, 0.2) is 5.17 Å². The van der Waals surface area contributed by atoms with Crippen LogP contribution in [0.5, 0.6) is 0 Å². The fraction of sp³-hybridized carbons (Fsp3) is 0.933. The van der Waals surface area contributed by atoms with Gasteiger partial charge in [-0.3, -0.25) is 4.99 Å². The number of piperidine rings is 2. The molecule has 0 radical (unpaired) electrons. The van der Waals surface area contributed by atoms with Gasteiger partial charge in [-0.05, 0) is 45.6 Å². The molecule has 19 heavy (non-hydrogen) atoms. The highest BCUT2D eigenvalue weighted by Crippen LogP contribution is 2.33. The van der Waals surface area contributed by atoms with Gasteiger partial charge >= 0.3 is 0 Å². The van der Waals surface area contributed by atoms with Crippen molar-refractivity contribution >= 4 is 16.9 Å². The van der Waals surface area contributed by atoms with Gasteiger partial charge in [0.1, 0.15) is 0 Å². The average molecular weight is 281 g/mol. The van der Waals surface area contributed by atoms with Gasteiger partial charge in [0.2, 0.25) is 0 Å². The second-order valence-electron chi connectivity index (χ2n) is 6.68. The Bertz CT molecular complexity index is 343. The SMILES string of the molecule is CC1CSC(NC2CC3CCCC(C2)N3C)=NC1C. The number of nitrogens with zero attached hydrogens (tertiary/aromatic N) is 2. The van der Waals surface area contributed by atoms with Crippen molar-refractivity contribution < 1.29 is 0 Å². The lowest BCUT2D eigenvalue weighted by atomic mass is 9.82. The highest BCUT2D eigenvalue weighted by Gasteiger charge is 2.36. The third-order valence-corrected chi connectivity index (χ3v) is 6.48. The van der Waals surface area contributed by atoms with E-state index in [0.29, 0.717) is 18.0 Å². The first kappa shape index (κ1) is 13.7. The molecule has 3 rings (SSSR count). The molecule has 4 atom stereocenters. The number of fused-ring (bicyclic) bond motifs is 2. The van der Waals surface area contributed by atoms with E-state index in [2.05, 4.69) is 31.1 Å². The molecule has 3 aliphatic heterocycles. The van der Waals surface area contributed by atoms with E-state index < -0.39 is 0 Å². The van der Waals surface area contributed by atoms with Crippen LogP contribution in [-0.4, -0.2) is 47.0 Å². The summed E-state index contributed by atoms with van der Waals surface area (Å²) in [5, 5.41) is 4.95. The number of rotatable bonds is 1. The van der Waals surface area contributed by atoms with Crippen LogP contribution in [0.2, 0.25) is 0 Å². The Kier molecular flexibility index (Phi) is 4.08. The Balaban J connectivity index is 1.60. The maximum Gasteiger partial charge on any atom is 0.157 e. The number of aliphatic imine (C=N–C) groups is 1. The lowest BCUT2D eigenvalue weighted by Gasteiger charge is -2.47. The van der Waals surface area contributed by atoms with E-state index in [1.165, 1.54) is 43.0 Å². The second-order valence-corrected chi connectivity index (χ2v) is 7.69. The summed E-state index contributed by atoms with van der Waals surface area (Å²) in [5.41, 5.74) is 0. The highest BCUT2D eigenvalue weighted by molar-refractivity contribution is 8.13. The number of hydrogen-bond donors (Lipinski definition) is 1. The van der Waals surface area contributed by atoms with Gasteiger partial charge in [-0.2, -0.15) is 0 Å². The van der Waals surface area contributed by atoms with E-state index in [-0.39, 0.29) is 0 Å². The van der Waals surface area contributed by atoms with Crippen LogP contribution in [0.15, 0.2) is 4.99 Å². The van der Waals surface area contributed by atoms with Crippen molar-refractivity contribution in [2.75, 3.05) is 12.8 Å². The minimum atomic E-state index is 0.481. The summed E-state index contributed by atoms with van der Waals surface area (Å²) < 4.78 is 0. The molecule has 2 saturated heterocycles. The number of amidine groups is 1. The van der Waals surface area contributed by atoms with Gasteiger partial charge in [-0.25, -0.2) is 0 Å². The van der Waals surface area contributed by atoms with Crippen molar-refractivity contribution in [2.24, 2.45) is 10.9 Å². The lowest BCUT2D eigenvalue weighted by Crippen LogP contribution is -2.55. The normalized spacial score (nSPS) is 43.7. The molecule has 3 nitrogen and oxygen atoms in total. The van der Waals surface area contributed by atoms with Gasteiger partial charge < -0.3 is 10.2 Å². The first-order chi connectivity index (χ1) is 9.13. The molecule has 0 aromatic heterocycles. The minimum absolute atomic E-state index is 0.481. The first-order valence-corrected chi connectivity index (χ1v) is 8.81. The van der Waals surface area contributed by atoms with E-state index in [0.717, 1.165) is 12.1 Å². The van der Waals surface area contributed by atoms with Crippen LogP contribution in [0.1, 0.15) is 46.0 Å². The molecule has 4 heteroatoms. The van der Waals surface area contributed by atoms with Crippen LogP contribution < -0.4 is 5.32 Å². The quantitative estimate of drug-likeness (QED) is 0.801. The first-order valence-electron chi connectivity index (χ1n) is 7.82. The minimum Gasteiger partial charge on any atom is -0.362 e. The average Bonchev–Trinajstić information content (AvgIpc) is 2.35. The zero-order chi connectivity index (χ0) is 13.4. The van der Waals surface area contributed by atoms with E-state index >= 15 is 0 Å². The summed E-state index contributed by atoms with van der Waals surface area (Å²) >= 11 is 1.92. The number of nitrogens with one attached hydrogen (secondary N) is 1. The Morgan fingerprint density at radius 2 is 1.89 bits per heavy atom. The number of hydrogen-bond acceptors (Lipinski definition) is 4. The molecule has 0 spiro atoms. The third-order valence-electron chi connectivity index (χ3n) is 5.29. The largest absolute Gasteiger partial charge is 0.362 e. The summed E-state index contributed by atoms with van der Waals surface area (Å²) in [4.78, 5) is 7.45. The van der Waals surface area contributed by atoms with Crippen molar-refractivity contribution in [3.05, 3.63) is 0 Å². The van der Waals surface area contributed by atoms with Crippen LogP contribution in [0.25, 0.3) is 0 Å². The topological polar surface area (TPSA) is 27.6 Å². The zero-order valence-corrected chi connectivity index (χ0v) is 13.2. The second kappa shape index (κ2) is 5.65. The summed E-state index contributed by atoms with van der Waals surface area (Å²) in [6.45, 7) is 4.55. The van der Waals surface area contributed by atoms with Gasteiger partial charge in [0, 0.05) is 23.9 Å². The predicted octanol–water partition coefficient (Wildman–Crippen LogP) is 2.72. The van der Waals surface area contributed by atoms with E-state index in [1.807, 2.05) is 11.8 Å². The highest BCUT2D eigenvalue weighted by atomic mass is 32.2. The van der Waals surface area contributed by atoms with Gasteiger partial charge in [-0.15, -0.1) is 0 Å². The monoisotopic (exact) mass is 281 g/mol. The lowest BCUT2D eigenvalue weighted by molar-refractivity contribution is 0.0530. The molecule has 0 amide bonds. The molecular formula is C15H27N3S. The molecule has 0 saturated carbocycles. The van der Waals surface area contributed by atoms with Gasteiger partial charge in [-0.1, -0.05) is 25.1 Å². The Labute approximate surface area is 121 Å². The van der Waals surface area contributed by atoms with Crippen molar-refractivity contribution in [1.82, 2.24) is 10.2 Å². The Morgan fingerprint density at radius 3 is 2.53 bits per heavy atom. The zero-order valence-electron chi connectivity index (χ0n) is 12.4. The Morgan fingerprint density at radius 1 is 1.21 bits per heavy atom. The van der Waals surface area contributed by atoms with Crippen LogP contribution in [0.3, 0.4) is 0 Å². The molecule has 2 bridgehead atoms. The standard InChI is InChI=1S/C15H27N3S/c1-10-9-19-15(16-11(10)2)17-12-7-13-5-4-6-14(8-12)18(13)3/h10-14H,4-9H2,1-3H3,(H,16,17). The van der Waals surface area contributed by atoms with Crippen molar-refractivity contribution in [3.8, 4) is 0 Å². The third kappa shape index (κ3) is 2.94. The van der Waals surface area contributed by atoms with Gasteiger partial charge in [0.25, 0.3) is 0 Å². The fourth-order valence-corrected chi connectivity index (χ4v) is 4.88. The van der Waals surface area contributed by atoms with Gasteiger partial charge in [0.05, 0.1) is 6.04 Å². The fourth-order valence-electron chi connectivity index (χ4n) is 3.69. The summed E-state index contributed by atoms with van der Waals surface area (Å²) in [6.07, 6.45) is 6.81. The predicted molar refractivity (Wildman–Crippen MR) is 83.9 cm³/mol. The van der Waals surface area contributed by atoms with E-state index in [4.69, 9.17) is 4.99 Å². The van der Waals surface area contributed by atoms with Crippen LogP contribution in [-0.2, 0) is 0 Å². The molecule has 0 aliphatic carbocycles. The summed E-state index contributed by atoms with van der Waals surface area (Å²) in [6, 6.07) is 2.74. The number of thioether (sulfide) groups is 1. The van der Waals surface area contributed by atoms with Crippen molar-refractivity contribution in [3.63, 3.8) is 0 Å². The molecule has 0 aromatic rings. The maximum atomic E-state index is 4.83. The van der Waals surface area contributed by atoms with Crippen molar-refractivity contribution in [2.45, 2.75) is 70.1 Å². The van der Waals surface area contributed by atoms with E-state index in [1.54, 1.807) is 0 Å². The van der Waals surface area contributed by atoms with Crippen LogP contribution in [0, 0.1) is 5.92 Å². The van der Waals surface area contributed by atoms with Crippen LogP contribution >= 0.6 is 11.8 Å². The molecular weight excluding hydrogens is 254 g/mol. The maximum absolute atomic E-state index is 4.83. The van der Waals surface area contributed by atoms with E-state index in [9.17, 15) is 0 Å².